The number of nitrogens with zero attached hydrogens (tertiary/aromatic N) is 4. The van der Waals surface area contributed by atoms with Crippen LogP contribution in [0.2, 0.25) is 0 Å². The zero-order valence-corrected chi connectivity index (χ0v) is 15.5. The molecule has 1 aromatic carbocycles. The molecule has 1 aliphatic heterocycles. The molecule has 0 aliphatic carbocycles. The van der Waals surface area contributed by atoms with Crippen molar-refractivity contribution in [3.8, 4) is 0 Å². The topological polar surface area (TPSA) is 83.0 Å². The Morgan fingerprint density at radius 2 is 1.82 bits per heavy atom. The maximum Gasteiger partial charge on any atom is 0.276 e. The number of aromatic nitrogens is 3. The molecule has 1 fully saturated rings. The number of hydrogen-bond donors (Lipinski definition) is 2. The molecule has 1 saturated heterocycles. The van der Waals surface area contributed by atoms with Gasteiger partial charge in [-0.1, -0.05) is 6.07 Å². The van der Waals surface area contributed by atoms with Crippen molar-refractivity contribution in [1.29, 1.82) is 0 Å². The second kappa shape index (κ2) is 8.47. The smallest absolute Gasteiger partial charge is 0.276 e. The summed E-state index contributed by atoms with van der Waals surface area (Å²) in [6.45, 7) is 2.79. The predicted octanol–water partition coefficient (Wildman–Crippen LogP) is 3.34. The highest BCUT2D eigenvalue weighted by Crippen LogP contribution is 2.22. The fourth-order valence-corrected chi connectivity index (χ4v) is 3.17. The van der Waals surface area contributed by atoms with Gasteiger partial charge >= 0.3 is 0 Å². The van der Waals surface area contributed by atoms with E-state index in [1.54, 1.807) is 24.5 Å². The van der Waals surface area contributed by atoms with Gasteiger partial charge in [0.05, 0.1) is 0 Å². The zero-order chi connectivity index (χ0) is 19.2. The third-order valence-electron chi connectivity index (χ3n) is 4.69. The van der Waals surface area contributed by atoms with E-state index in [-0.39, 0.29) is 11.6 Å². The van der Waals surface area contributed by atoms with Crippen molar-refractivity contribution in [2.24, 2.45) is 0 Å². The van der Waals surface area contributed by atoms with Crippen LogP contribution in [0.3, 0.4) is 0 Å². The minimum Gasteiger partial charge on any atom is -0.372 e. The molecule has 3 heterocycles. The van der Waals surface area contributed by atoms with E-state index in [9.17, 15) is 4.79 Å². The van der Waals surface area contributed by atoms with Crippen molar-refractivity contribution in [2.75, 3.05) is 28.6 Å². The molecule has 0 bridgehead atoms. The minimum atomic E-state index is -0.278. The molecule has 28 heavy (non-hydrogen) atoms. The lowest BCUT2D eigenvalue weighted by atomic mass is 10.2. The number of pyridine rings is 1. The summed E-state index contributed by atoms with van der Waals surface area (Å²) < 4.78 is 0. The normalized spacial score (nSPS) is 13.4. The van der Waals surface area contributed by atoms with Gasteiger partial charge in [0.25, 0.3) is 5.91 Å². The first-order valence-corrected chi connectivity index (χ1v) is 9.41. The quantitative estimate of drug-likeness (QED) is 0.689. The van der Waals surface area contributed by atoms with Crippen molar-refractivity contribution in [2.45, 2.75) is 19.4 Å². The number of carbonyl (C=O) groups is 1. The van der Waals surface area contributed by atoms with Gasteiger partial charge in [-0.15, -0.1) is 10.2 Å². The van der Waals surface area contributed by atoms with Gasteiger partial charge in [-0.3, -0.25) is 9.78 Å². The molecule has 0 radical (unpaired) electrons. The second-order valence-electron chi connectivity index (χ2n) is 6.71. The van der Waals surface area contributed by atoms with E-state index in [4.69, 9.17) is 0 Å². The summed E-state index contributed by atoms with van der Waals surface area (Å²) in [7, 11) is 0. The van der Waals surface area contributed by atoms with Crippen LogP contribution in [-0.4, -0.2) is 34.2 Å². The van der Waals surface area contributed by atoms with Gasteiger partial charge in [0, 0.05) is 43.4 Å². The van der Waals surface area contributed by atoms with Crippen LogP contribution in [0.15, 0.2) is 60.9 Å². The SMILES string of the molecule is O=C(Nc1ccc(N2CCCC2)cc1)c1ccc(NCc2cccnc2)nn1. The average Bonchev–Trinajstić information content (AvgIpc) is 3.29. The van der Waals surface area contributed by atoms with Crippen LogP contribution in [0.4, 0.5) is 17.2 Å². The lowest BCUT2D eigenvalue weighted by molar-refractivity contribution is 0.102. The highest BCUT2D eigenvalue weighted by Gasteiger charge is 2.13. The molecular formula is C21H22N6O. The molecule has 0 unspecified atom stereocenters. The molecule has 0 spiro atoms. The van der Waals surface area contributed by atoms with Gasteiger partial charge < -0.3 is 15.5 Å². The Morgan fingerprint density at radius 3 is 2.50 bits per heavy atom. The van der Waals surface area contributed by atoms with Crippen LogP contribution >= 0.6 is 0 Å². The summed E-state index contributed by atoms with van der Waals surface area (Å²) >= 11 is 0. The van der Waals surface area contributed by atoms with Gasteiger partial charge in [0.2, 0.25) is 0 Å². The number of anilines is 3. The van der Waals surface area contributed by atoms with E-state index in [1.165, 1.54) is 18.5 Å². The maximum absolute atomic E-state index is 12.4. The molecule has 1 aliphatic rings. The van der Waals surface area contributed by atoms with E-state index >= 15 is 0 Å². The first-order chi connectivity index (χ1) is 13.8. The first-order valence-electron chi connectivity index (χ1n) is 9.41. The summed E-state index contributed by atoms with van der Waals surface area (Å²) in [4.78, 5) is 18.8. The number of amides is 1. The lowest BCUT2D eigenvalue weighted by Gasteiger charge is -2.17. The highest BCUT2D eigenvalue weighted by atomic mass is 16.1. The molecule has 142 valence electrons. The Labute approximate surface area is 163 Å². The van der Waals surface area contributed by atoms with Crippen LogP contribution < -0.4 is 15.5 Å². The third-order valence-corrected chi connectivity index (χ3v) is 4.69. The van der Waals surface area contributed by atoms with Crippen LogP contribution in [0.1, 0.15) is 28.9 Å². The van der Waals surface area contributed by atoms with Gasteiger partial charge in [0.1, 0.15) is 5.82 Å². The summed E-state index contributed by atoms with van der Waals surface area (Å²) in [5.74, 6) is 0.329. The van der Waals surface area contributed by atoms with E-state index in [0.29, 0.717) is 12.4 Å². The maximum atomic E-state index is 12.4. The van der Waals surface area contributed by atoms with E-state index in [1.807, 2.05) is 36.4 Å². The van der Waals surface area contributed by atoms with Crippen LogP contribution in [0.25, 0.3) is 0 Å². The number of rotatable bonds is 6. The average molecular weight is 374 g/mol. The fourth-order valence-electron chi connectivity index (χ4n) is 3.17. The van der Waals surface area contributed by atoms with Crippen molar-refractivity contribution in [3.63, 3.8) is 0 Å². The molecule has 0 atom stereocenters. The molecule has 1 amide bonds. The number of hydrogen-bond acceptors (Lipinski definition) is 6. The van der Waals surface area contributed by atoms with Gasteiger partial charge in [-0.05, 0) is 60.9 Å². The number of nitrogens with one attached hydrogen (secondary N) is 2. The van der Waals surface area contributed by atoms with Crippen molar-refractivity contribution >= 4 is 23.1 Å². The van der Waals surface area contributed by atoms with Crippen LogP contribution in [0, 0.1) is 0 Å². The van der Waals surface area contributed by atoms with Crippen molar-refractivity contribution < 1.29 is 4.79 Å². The molecule has 2 N–H and O–H groups in total. The Hall–Kier alpha value is -3.48. The second-order valence-corrected chi connectivity index (χ2v) is 6.71. The molecule has 4 rings (SSSR count). The molecular weight excluding hydrogens is 352 g/mol. The Morgan fingerprint density at radius 1 is 1.00 bits per heavy atom. The summed E-state index contributed by atoms with van der Waals surface area (Å²) in [5.41, 5.74) is 3.26. The third kappa shape index (κ3) is 4.43. The fraction of sp³-hybridized carbons (Fsp3) is 0.238. The first kappa shape index (κ1) is 17.9. The standard InChI is InChI=1S/C21H22N6O/c28-21(24-17-5-7-18(8-6-17)27-12-1-2-13-27)19-9-10-20(26-25-19)23-15-16-4-3-11-22-14-16/h3-11,14H,1-2,12-13,15H2,(H,23,26)(H,24,28). The number of benzene rings is 1. The number of carbonyl (C=O) groups excluding carboxylic acids is 1. The molecule has 3 aromatic rings. The predicted molar refractivity (Wildman–Crippen MR) is 109 cm³/mol. The van der Waals surface area contributed by atoms with E-state index < -0.39 is 0 Å². The summed E-state index contributed by atoms with van der Waals surface area (Å²) in [6, 6.07) is 15.2. The molecule has 0 saturated carbocycles. The van der Waals surface area contributed by atoms with E-state index in [2.05, 4.69) is 30.7 Å². The van der Waals surface area contributed by atoms with Crippen molar-refractivity contribution in [3.05, 3.63) is 72.2 Å². The monoisotopic (exact) mass is 374 g/mol. The van der Waals surface area contributed by atoms with Gasteiger partial charge in [-0.2, -0.15) is 0 Å². The summed E-state index contributed by atoms with van der Waals surface area (Å²) in [6.07, 6.45) is 6.00. The Bertz CT molecular complexity index is 906. The highest BCUT2D eigenvalue weighted by molar-refractivity contribution is 6.02. The van der Waals surface area contributed by atoms with Gasteiger partial charge in [-0.25, -0.2) is 0 Å². The molecule has 7 heteroatoms. The molecule has 7 nitrogen and oxygen atoms in total. The summed E-state index contributed by atoms with van der Waals surface area (Å²) in [5, 5.41) is 14.1. The van der Waals surface area contributed by atoms with E-state index in [0.717, 1.165) is 24.3 Å². The molecule has 2 aromatic heterocycles. The van der Waals surface area contributed by atoms with Crippen LogP contribution in [-0.2, 0) is 6.54 Å². The van der Waals surface area contributed by atoms with Crippen LogP contribution in [0.5, 0.6) is 0 Å². The Kier molecular flexibility index (Phi) is 5.42. The largest absolute Gasteiger partial charge is 0.372 e. The Balaban J connectivity index is 1.33. The zero-order valence-electron chi connectivity index (χ0n) is 15.5. The minimum absolute atomic E-state index is 0.274. The lowest BCUT2D eigenvalue weighted by Crippen LogP contribution is -2.18. The van der Waals surface area contributed by atoms with Crippen molar-refractivity contribution in [1.82, 2.24) is 15.2 Å². The van der Waals surface area contributed by atoms with Gasteiger partial charge in [0.15, 0.2) is 5.69 Å².